The molecule has 1 aromatic rings. The van der Waals surface area contributed by atoms with E-state index in [1.54, 1.807) is 0 Å². The number of hydrogen-bond donors (Lipinski definition) is 2. The second-order valence-corrected chi connectivity index (χ2v) is 4.93. The van der Waals surface area contributed by atoms with Gasteiger partial charge in [0.25, 0.3) is 11.8 Å². The Morgan fingerprint density at radius 3 is 2.57 bits per heavy atom. The molecule has 0 bridgehead atoms. The first-order chi connectivity index (χ1) is 9.25. The first-order valence-electron chi connectivity index (χ1n) is 5.72. The van der Waals surface area contributed by atoms with Gasteiger partial charge in [0.05, 0.1) is 23.1 Å². The van der Waals surface area contributed by atoms with Gasteiger partial charge in [0.1, 0.15) is 5.75 Å². The minimum absolute atomic E-state index is 0. The van der Waals surface area contributed by atoms with Crippen LogP contribution in [0.5, 0.6) is 5.75 Å². The first-order valence-corrected chi connectivity index (χ1v) is 6.48. The van der Waals surface area contributed by atoms with Crippen molar-refractivity contribution < 1.29 is 18.3 Å². The Bertz CT molecular complexity index is 490. The number of ether oxygens (including phenoxy) is 1. The number of carbonyl (C=O) groups is 1. The summed E-state index contributed by atoms with van der Waals surface area (Å²) in [6.07, 6.45) is -0.958. The fourth-order valence-electron chi connectivity index (χ4n) is 1.24. The predicted octanol–water partition coefficient (Wildman–Crippen LogP) is 2.89. The minimum Gasteiger partial charge on any atom is -0.481 e. The summed E-state index contributed by atoms with van der Waals surface area (Å²) >= 11 is 11.5. The molecule has 1 aromatic carbocycles. The van der Waals surface area contributed by atoms with Crippen molar-refractivity contribution in [3.05, 3.63) is 28.2 Å². The first kappa shape index (κ1) is 20.2. The maximum absolute atomic E-state index is 12.9. The average molecular weight is 364 g/mol. The van der Waals surface area contributed by atoms with Crippen molar-refractivity contribution in [3.8, 4) is 5.75 Å². The molecule has 0 aromatic heterocycles. The van der Waals surface area contributed by atoms with Crippen LogP contribution in [0.4, 0.5) is 8.78 Å². The highest BCUT2D eigenvalue weighted by Gasteiger charge is 2.28. The molecule has 120 valence electrons. The Hall–Kier alpha value is -0.820. The predicted molar refractivity (Wildman–Crippen MR) is 80.8 cm³/mol. The molecule has 0 aliphatic rings. The summed E-state index contributed by atoms with van der Waals surface area (Å²) in [5.41, 5.74) is 4.86. The summed E-state index contributed by atoms with van der Waals surface area (Å²) in [5, 5.41) is 2.68. The fourth-order valence-corrected chi connectivity index (χ4v) is 1.53. The van der Waals surface area contributed by atoms with Crippen LogP contribution in [0, 0.1) is 0 Å². The maximum atomic E-state index is 12.9. The van der Waals surface area contributed by atoms with E-state index in [1.807, 2.05) is 0 Å². The van der Waals surface area contributed by atoms with E-state index in [2.05, 4.69) is 5.32 Å². The van der Waals surface area contributed by atoms with E-state index in [4.69, 9.17) is 33.7 Å². The van der Waals surface area contributed by atoms with Crippen molar-refractivity contribution >= 4 is 41.5 Å². The van der Waals surface area contributed by atoms with Gasteiger partial charge in [0.15, 0.2) is 6.10 Å². The van der Waals surface area contributed by atoms with E-state index in [-0.39, 0.29) is 17.4 Å². The normalized spacial score (nSPS) is 12.3. The van der Waals surface area contributed by atoms with Gasteiger partial charge in [-0.15, -0.1) is 12.4 Å². The van der Waals surface area contributed by atoms with Crippen LogP contribution in [0.1, 0.15) is 6.92 Å². The molecule has 9 heteroatoms. The molecule has 1 rings (SSSR count). The molecule has 0 aliphatic carbocycles. The molecule has 0 heterocycles. The zero-order valence-corrected chi connectivity index (χ0v) is 13.4. The third kappa shape index (κ3) is 6.65. The SMILES string of the molecule is CC(Oc1ccc(Cl)c(Cl)c1)C(=O)NCC(F)(F)CN.Cl. The lowest BCUT2D eigenvalue weighted by Crippen LogP contribution is -2.45. The molecule has 0 aliphatic heterocycles. The number of nitrogens with one attached hydrogen (secondary N) is 1. The summed E-state index contributed by atoms with van der Waals surface area (Å²) < 4.78 is 31.1. The van der Waals surface area contributed by atoms with Crippen molar-refractivity contribution in [3.63, 3.8) is 0 Å². The van der Waals surface area contributed by atoms with Gasteiger partial charge < -0.3 is 15.8 Å². The topological polar surface area (TPSA) is 64.3 Å². The molecule has 0 fully saturated rings. The lowest BCUT2D eigenvalue weighted by Gasteiger charge is -2.18. The molecule has 0 spiro atoms. The van der Waals surface area contributed by atoms with Crippen LogP contribution in [0.3, 0.4) is 0 Å². The number of rotatable bonds is 6. The van der Waals surface area contributed by atoms with Crippen LogP contribution in [-0.4, -0.2) is 31.0 Å². The molecular formula is C12H15Cl3F2N2O2. The highest BCUT2D eigenvalue weighted by atomic mass is 35.5. The summed E-state index contributed by atoms with van der Waals surface area (Å²) in [7, 11) is 0. The molecule has 4 nitrogen and oxygen atoms in total. The summed E-state index contributed by atoms with van der Waals surface area (Å²) in [4.78, 5) is 11.6. The third-order valence-electron chi connectivity index (χ3n) is 2.39. The highest BCUT2D eigenvalue weighted by Crippen LogP contribution is 2.26. The second kappa shape index (κ2) is 8.58. The lowest BCUT2D eigenvalue weighted by atomic mass is 10.3. The standard InChI is InChI=1S/C12H14Cl2F2N2O2.ClH/c1-7(11(19)18-6-12(15,16)5-17)20-8-2-3-9(13)10(14)4-8;/h2-4,7H,5-6,17H2,1H3,(H,18,19);1H. The van der Waals surface area contributed by atoms with Crippen LogP contribution in [0.25, 0.3) is 0 Å². The van der Waals surface area contributed by atoms with Crippen LogP contribution < -0.4 is 15.8 Å². The van der Waals surface area contributed by atoms with E-state index in [1.165, 1.54) is 25.1 Å². The second-order valence-electron chi connectivity index (χ2n) is 4.11. The lowest BCUT2D eigenvalue weighted by molar-refractivity contribution is -0.129. The van der Waals surface area contributed by atoms with Gasteiger partial charge in [-0.2, -0.15) is 0 Å². The Kier molecular flexibility index (Phi) is 8.25. The Labute approximate surface area is 137 Å². The molecule has 0 saturated heterocycles. The van der Waals surface area contributed by atoms with Gasteiger partial charge >= 0.3 is 0 Å². The number of nitrogens with two attached hydrogens (primary N) is 1. The molecule has 21 heavy (non-hydrogen) atoms. The van der Waals surface area contributed by atoms with Gasteiger partial charge in [-0.25, -0.2) is 8.78 Å². The number of carbonyl (C=O) groups excluding carboxylic acids is 1. The molecule has 0 radical (unpaired) electrons. The summed E-state index contributed by atoms with van der Waals surface area (Å²) in [6, 6.07) is 4.46. The molecule has 0 saturated carbocycles. The fraction of sp³-hybridized carbons (Fsp3) is 0.417. The smallest absolute Gasteiger partial charge is 0.277 e. The molecular weight excluding hydrogens is 348 g/mol. The van der Waals surface area contributed by atoms with Crippen molar-refractivity contribution in [1.82, 2.24) is 5.32 Å². The van der Waals surface area contributed by atoms with Gasteiger partial charge in [-0.3, -0.25) is 4.79 Å². The molecule has 1 unspecified atom stereocenters. The van der Waals surface area contributed by atoms with Gasteiger partial charge in [0, 0.05) is 6.07 Å². The van der Waals surface area contributed by atoms with Gasteiger partial charge in [-0.1, -0.05) is 23.2 Å². The van der Waals surface area contributed by atoms with Gasteiger partial charge in [-0.05, 0) is 19.1 Å². The quantitative estimate of drug-likeness (QED) is 0.817. The van der Waals surface area contributed by atoms with E-state index < -0.39 is 31.0 Å². The number of hydrogen-bond acceptors (Lipinski definition) is 3. The van der Waals surface area contributed by atoms with Crippen LogP contribution >= 0.6 is 35.6 Å². The number of alkyl halides is 2. The third-order valence-corrected chi connectivity index (χ3v) is 3.13. The average Bonchev–Trinajstić information content (AvgIpc) is 2.40. The Balaban J connectivity index is 0.00000400. The zero-order valence-electron chi connectivity index (χ0n) is 11.0. The largest absolute Gasteiger partial charge is 0.481 e. The van der Waals surface area contributed by atoms with Crippen molar-refractivity contribution in [2.24, 2.45) is 5.73 Å². The van der Waals surface area contributed by atoms with Crippen LogP contribution in [0.2, 0.25) is 10.0 Å². The Morgan fingerprint density at radius 2 is 2.05 bits per heavy atom. The van der Waals surface area contributed by atoms with Crippen molar-refractivity contribution in [2.45, 2.75) is 19.0 Å². The van der Waals surface area contributed by atoms with Crippen molar-refractivity contribution in [2.75, 3.05) is 13.1 Å². The molecule has 3 N–H and O–H groups in total. The Morgan fingerprint density at radius 1 is 1.43 bits per heavy atom. The highest BCUT2D eigenvalue weighted by molar-refractivity contribution is 6.42. The van der Waals surface area contributed by atoms with Crippen molar-refractivity contribution in [1.29, 1.82) is 0 Å². The van der Waals surface area contributed by atoms with E-state index in [9.17, 15) is 13.6 Å². The van der Waals surface area contributed by atoms with E-state index in [0.717, 1.165) is 0 Å². The van der Waals surface area contributed by atoms with Crippen LogP contribution in [0.15, 0.2) is 18.2 Å². The van der Waals surface area contributed by atoms with E-state index in [0.29, 0.717) is 10.8 Å². The number of amides is 1. The van der Waals surface area contributed by atoms with Crippen LogP contribution in [-0.2, 0) is 4.79 Å². The maximum Gasteiger partial charge on any atom is 0.277 e. The number of halogens is 5. The number of benzene rings is 1. The summed E-state index contributed by atoms with van der Waals surface area (Å²) in [5.74, 6) is -3.50. The monoisotopic (exact) mass is 362 g/mol. The summed E-state index contributed by atoms with van der Waals surface area (Å²) in [6.45, 7) is -0.245. The van der Waals surface area contributed by atoms with Gasteiger partial charge in [0.2, 0.25) is 0 Å². The zero-order chi connectivity index (χ0) is 15.3. The molecule has 1 amide bonds. The minimum atomic E-state index is -3.14. The van der Waals surface area contributed by atoms with E-state index >= 15 is 0 Å². The molecule has 1 atom stereocenters.